The Labute approximate surface area is 225 Å². The predicted octanol–water partition coefficient (Wildman–Crippen LogP) is 7.44. The fourth-order valence-electron chi connectivity index (χ4n) is 3.81. The maximum absolute atomic E-state index is 13.1. The fourth-order valence-corrected chi connectivity index (χ4v) is 6.59. The summed E-state index contributed by atoms with van der Waals surface area (Å²) >= 11 is 15.6. The number of ether oxygens (including phenoxy) is 1. The predicted molar refractivity (Wildman–Crippen MR) is 147 cm³/mol. The van der Waals surface area contributed by atoms with E-state index in [1.54, 1.807) is 28.6 Å². The summed E-state index contributed by atoms with van der Waals surface area (Å²) in [7, 11) is 1.35. The highest BCUT2D eigenvalue weighted by Gasteiger charge is 2.29. The van der Waals surface area contributed by atoms with Crippen LogP contribution in [-0.4, -0.2) is 43.1 Å². The number of hydrogen-bond donors (Lipinski definition) is 1. The number of carbonyl (C=O) groups is 1. The minimum atomic E-state index is -0.532. The molecule has 0 aliphatic heterocycles. The number of rotatable bonds is 6. The lowest BCUT2D eigenvalue weighted by atomic mass is 10.1. The van der Waals surface area contributed by atoms with Crippen LogP contribution in [0, 0.1) is 6.92 Å². The number of thiazole rings is 1. The van der Waals surface area contributed by atoms with Crippen molar-refractivity contribution >= 4 is 63.3 Å². The van der Waals surface area contributed by atoms with Gasteiger partial charge in [0.2, 0.25) is 5.13 Å². The highest BCUT2D eigenvalue weighted by atomic mass is 35.5. The number of halogens is 2. The van der Waals surface area contributed by atoms with E-state index in [4.69, 9.17) is 43.0 Å². The van der Waals surface area contributed by atoms with Crippen LogP contribution in [0.3, 0.4) is 0 Å². The van der Waals surface area contributed by atoms with Crippen LogP contribution in [-0.2, 0) is 4.74 Å². The van der Waals surface area contributed by atoms with Gasteiger partial charge < -0.3 is 9.72 Å². The van der Waals surface area contributed by atoms with Crippen LogP contribution >= 0.6 is 46.3 Å². The smallest absolute Gasteiger partial charge is 0.357 e. The van der Waals surface area contributed by atoms with E-state index in [0.29, 0.717) is 37.5 Å². The lowest BCUT2D eigenvalue weighted by molar-refractivity contribution is 0.0591. The van der Waals surface area contributed by atoms with Gasteiger partial charge in [-0.3, -0.25) is 0 Å². The second-order valence-electron chi connectivity index (χ2n) is 8.24. The van der Waals surface area contributed by atoms with E-state index in [-0.39, 0.29) is 5.69 Å². The summed E-state index contributed by atoms with van der Waals surface area (Å²) in [5.74, 6) is 0.00815. The average molecular weight is 559 g/mol. The number of benzene rings is 2. The molecule has 1 N–H and O–H groups in total. The summed E-state index contributed by atoms with van der Waals surface area (Å²) in [6.45, 7) is 6.06. The van der Waals surface area contributed by atoms with Crippen LogP contribution in [0.15, 0.2) is 46.7 Å². The van der Waals surface area contributed by atoms with Gasteiger partial charge in [0.1, 0.15) is 5.82 Å². The second-order valence-corrected chi connectivity index (χ2v) is 11.9. The molecule has 3 aromatic heterocycles. The SMILES string of the molecule is COC(=O)c1c(-c2nc3ccccc3[nH]2)c(C)nn1-c1nc(-c2ccc(Cl)c(Cl)c2)c(SC(C)C)s1. The quantitative estimate of drug-likeness (QED) is 0.172. The molecule has 0 fully saturated rings. The number of thioether (sulfide) groups is 1. The number of esters is 1. The van der Waals surface area contributed by atoms with Crippen molar-refractivity contribution in [2.45, 2.75) is 30.2 Å². The normalized spacial score (nSPS) is 11.5. The number of nitrogens with zero attached hydrogens (tertiary/aromatic N) is 4. The fraction of sp³-hybridized carbons (Fsp3) is 0.200. The highest BCUT2D eigenvalue weighted by molar-refractivity contribution is 8.01. The summed E-state index contributed by atoms with van der Waals surface area (Å²) < 4.78 is 7.68. The number of hydrogen-bond acceptors (Lipinski definition) is 7. The van der Waals surface area contributed by atoms with Crippen molar-refractivity contribution in [3.8, 4) is 27.8 Å². The summed E-state index contributed by atoms with van der Waals surface area (Å²) in [5, 5.41) is 6.46. The summed E-state index contributed by atoms with van der Waals surface area (Å²) in [6.07, 6.45) is 0. The molecule has 0 aliphatic rings. The molecule has 184 valence electrons. The minimum absolute atomic E-state index is 0.254. The van der Waals surface area contributed by atoms with Crippen molar-refractivity contribution < 1.29 is 9.53 Å². The lowest BCUT2D eigenvalue weighted by Gasteiger charge is -2.05. The van der Waals surface area contributed by atoms with Crippen LogP contribution in [0.25, 0.3) is 38.8 Å². The van der Waals surface area contributed by atoms with Gasteiger partial charge in [-0.2, -0.15) is 9.78 Å². The van der Waals surface area contributed by atoms with E-state index in [0.717, 1.165) is 26.5 Å². The number of para-hydroxylation sites is 2. The van der Waals surface area contributed by atoms with Gasteiger partial charge in [0.05, 0.1) is 49.3 Å². The number of carbonyl (C=O) groups excluding carboxylic acids is 1. The van der Waals surface area contributed by atoms with E-state index in [2.05, 4.69) is 18.8 Å². The molecular formula is C25H21Cl2N5O2S2. The van der Waals surface area contributed by atoms with Crippen LogP contribution in [0.5, 0.6) is 0 Å². The van der Waals surface area contributed by atoms with Crippen molar-refractivity contribution in [3.63, 3.8) is 0 Å². The first-order chi connectivity index (χ1) is 17.3. The Hall–Kier alpha value is -2.85. The molecule has 0 unspecified atom stereocenters. The van der Waals surface area contributed by atoms with Crippen molar-refractivity contribution in [1.29, 1.82) is 0 Å². The zero-order chi connectivity index (χ0) is 25.6. The van der Waals surface area contributed by atoms with Gasteiger partial charge in [0.25, 0.3) is 0 Å². The first-order valence-electron chi connectivity index (χ1n) is 11.0. The van der Waals surface area contributed by atoms with E-state index < -0.39 is 5.97 Å². The Bertz CT molecular complexity index is 1570. The molecule has 5 aromatic rings. The minimum Gasteiger partial charge on any atom is -0.464 e. The third-order valence-electron chi connectivity index (χ3n) is 5.37. The Balaban J connectivity index is 1.71. The molecule has 5 rings (SSSR count). The van der Waals surface area contributed by atoms with Crippen molar-refractivity contribution in [2.75, 3.05) is 7.11 Å². The topological polar surface area (TPSA) is 85.7 Å². The molecule has 7 nitrogen and oxygen atoms in total. The summed E-state index contributed by atoms with van der Waals surface area (Å²) in [6, 6.07) is 13.1. The molecule has 0 saturated carbocycles. The summed E-state index contributed by atoms with van der Waals surface area (Å²) in [5.41, 5.74) is 4.69. The molecule has 0 saturated heterocycles. The van der Waals surface area contributed by atoms with Crippen LogP contribution in [0.2, 0.25) is 10.0 Å². The molecule has 0 amide bonds. The Morgan fingerprint density at radius 2 is 1.92 bits per heavy atom. The molecule has 36 heavy (non-hydrogen) atoms. The largest absolute Gasteiger partial charge is 0.464 e. The van der Waals surface area contributed by atoms with Crippen molar-refractivity contribution in [2.24, 2.45) is 0 Å². The van der Waals surface area contributed by atoms with Gasteiger partial charge in [-0.15, -0.1) is 11.8 Å². The second kappa shape index (κ2) is 9.89. The molecule has 0 spiro atoms. The van der Waals surface area contributed by atoms with Gasteiger partial charge in [0.15, 0.2) is 5.69 Å². The van der Waals surface area contributed by atoms with Gasteiger partial charge in [0, 0.05) is 10.8 Å². The molecule has 0 radical (unpaired) electrons. The Morgan fingerprint density at radius 1 is 1.14 bits per heavy atom. The number of nitrogens with one attached hydrogen (secondary N) is 1. The van der Waals surface area contributed by atoms with Gasteiger partial charge in [-0.05, 0) is 31.2 Å². The number of aromatic amines is 1. The third-order valence-corrected chi connectivity index (χ3v) is 8.35. The number of methoxy groups -OCH3 is 1. The monoisotopic (exact) mass is 557 g/mol. The molecule has 11 heteroatoms. The lowest BCUT2D eigenvalue weighted by Crippen LogP contribution is -2.11. The average Bonchev–Trinajstić information content (AvgIpc) is 3.54. The maximum Gasteiger partial charge on any atom is 0.357 e. The van der Waals surface area contributed by atoms with E-state index in [1.165, 1.54) is 18.4 Å². The Kier molecular flexibility index (Phi) is 6.82. The molecular weight excluding hydrogens is 537 g/mol. The number of aryl methyl sites for hydroxylation is 1. The number of aromatic nitrogens is 5. The number of H-pyrrole nitrogens is 1. The van der Waals surface area contributed by atoms with E-state index in [1.807, 2.05) is 37.3 Å². The van der Waals surface area contributed by atoms with Gasteiger partial charge in [-0.25, -0.2) is 14.8 Å². The first kappa shape index (κ1) is 24.8. The highest BCUT2D eigenvalue weighted by Crippen LogP contribution is 2.42. The molecule has 0 aliphatic carbocycles. The molecule has 2 aromatic carbocycles. The Morgan fingerprint density at radius 3 is 2.61 bits per heavy atom. The van der Waals surface area contributed by atoms with E-state index in [9.17, 15) is 4.79 Å². The third kappa shape index (κ3) is 4.52. The van der Waals surface area contributed by atoms with Crippen LogP contribution < -0.4 is 0 Å². The molecule has 3 heterocycles. The standard InChI is InChI=1S/C25H21Cl2N5O2S2/c1-12(2)35-24-20(14-9-10-15(26)16(27)11-14)30-25(36-24)32-21(23(33)34-4)19(13(3)31-32)22-28-17-7-5-6-8-18(17)29-22/h5-12H,1-4H3,(H,28,29). The summed E-state index contributed by atoms with van der Waals surface area (Å²) in [4.78, 5) is 26.0. The maximum atomic E-state index is 13.1. The number of fused-ring (bicyclic) bond motifs is 1. The zero-order valence-electron chi connectivity index (χ0n) is 19.8. The van der Waals surface area contributed by atoms with Crippen molar-refractivity contribution in [3.05, 3.63) is 63.9 Å². The van der Waals surface area contributed by atoms with Crippen molar-refractivity contribution in [1.82, 2.24) is 24.7 Å². The first-order valence-corrected chi connectivity index (χ1v) is 13.5. The molecule has 0 bridgehead atoms. The van der Waals surface area contributed by atoms with Gasteiger partial charge >= 0.3 is 5.97 Å². The zero-order valence-corrected chi connectivity index (χ0v) is 22.9. The van der Waals surface area contributed by atoms with Crippen LogP contribution in [0.1, 0.15) is 30.0 Å². The molecule has 0 atom stereocenters. The van der Waals surface area contributed by atoms with Gasteiger partial charge in [-0.1, -0.05) is 66.6 Å². The number of imidazole rings is 1. The van der Waals surface area contributed by atoms with E-state index >= 15 is 0 Å². The van der Waals surface area contributed by atoms with Crippen LogP contribution in [0.4, 0.5) is 0 Å².